The van der Waals surface area contributed by atoms with Crippen LogP contribution < -0.4 is 0 Å². The molecule has 0 spiro atoms. The van der Waals surface area contributed by atoms with Crippen LogP contribution in [0.25, 0.3) is 0 Å². The average Bonchev–Trinajstić information content (AvgIpc) is 2.37. The van der Waals surface area contributed by atoms with Crippen molar-refractivity contribution in [1.82, 2.24) is 0 Å². The van der Waals surface area contributed by atoms with E-state index in [1.807, 2.05) is 0 Å². The Morgan fingerprint density at radius 3 is 1.08 bits per heavy atom. The minimum Gasteiger partial charge on any atom is -0.385 e. The van der Waals surface area contributed by atoms with E-state index in [1.165, 1.54) is 0 Å². The molecule has 0 aromatic rings. The highest BCUT2D eigenvalue weighted by atomic mass is 19.3. The summed E-state index contributed by atoms with van der Waals surface area (Å²) >= 11 is 0. The summed E-state index contributed by atoms with van der Waals surface area (Å²) in [4.78, 5) is 0. The van der Waals surface area contributed by atoms with Crippen LogP contribution in [0.2, 0.25) is 0 Å². The lowest BCUT2D eigenvalue weighted by molar-refractivity contribution is -0.563. The summed E-state index contributed by atoms with van der Waals surface area (Å²) in [6.07, 6.45) is -5.20. The van der Waals surface area contributed by atoms with E-state index in [1.54, 1.807) is 0 Å². The fourth-order valence-corrected chi connectivity index (χ4v) is 3.82. The van der Waals surface area contributed by atoms with Crippen molar-refractivity contribution >= 4 is 0 Å². The quantitative estimate of drug-likeness (QED) is 0.634. The van der Waals surface area contributed by atoms with Crippen molar-refractivity contribution in [2.75, 3.05) is 0 Å². The third kappa shape index (κ3) is 0.999. The Hall–Kier alpha value is -0.950. The molecule has 0 amide bonds. The van der Waals surface area contributed by atoms with Gasteiger partial charge in [0.2, 0.25) is 0 Å². The highest BCUT2D eigenvalue weighted by molar-refractivity contribution is 5.47. The summed E-state index contributed by atoms with van der Waals surface area (Å²) in [6, 6.07) is 0. The molecule has 0 aromatic carbocycles. The van der Waals surface area contributed by atoms with E-state index in [9.17, 15) is 57.1 Å². The Morgan fingerprint density at radius 1 is 0.500 bits per heavy atom. The zero-order valence-electron chi connectivity index (χ0n) is 10.5. The van der Waals surface area contributed by atoms with Gasteiger partial charge in [-0.15, -0.1) is 0 Å². The lowest BCUT2D eigenvalue weighted by Gasteiger charge is -2.71. The second-order valence-electron chi connectivity index (χ2n) is 5.94. The zero-order chi connectivity index (χ0) is 19.2. The summed E-state index contributed by atoms with van der Waals surface area (Å²) < 4.78 is 179. The van der Waals surface area contributed by atoms with E-state index < -0.39 is 58.6 Å². The van der Waals surface area contributed by atoms with Crippen molar-refractivity contribution in [2.24, 2.45) is 5.92 Å². The van der Waals surface area contributed by atoms with Gasteiger partial charge in [0, 0.05) is 0 Å². The molecule has 4 rings (SSSR count). The lowest BCUT2D eigenvalue weighted by Crippen LogP contribution is -3.03. The molecule has 0 radical (unpaired) electrons. The molecule has 24 heavy (non-hydrogen) atoms. The monoisotopic (exact) mass is 386 g/mol. The Bertz CT molecular complexity index is 586. The molecular weight excluding hydrogens is 383 g/mol. The van der Waals surface area contributed by atoms with E-state index in [0.717, 1.165) is 0 Å². The predicted octanol–water partition coefficient (Wildman–Crippen LogP) is 3.31. The maximum Gasteiger partial charge on any atom is 0.335 e. The molecule has 5 atom stereocenters. The Labute approximate surface area is 122 Å². The molecule has 0 heterocycles. The first-order valence-corrected chi connectivity index (χ1v) is 5.91. The van der Waals surface area contributed by atoms with Crippen LogP contribution in [0, 0.1) is 5.92 Å². The number of aliphatic hydroxyl groups is 1. The number of alkyl halides is 13. The van der Waals surface area contributed by atoms with Crippen LogP contribution in [0.3, 0.4) is 0 Å². The van der Waals surface area contributed by atoms with E-state index >= 15 is 0 Å². The topological polar surface area (TPSA) is 20.2 Å². The van der Waals surface area contributed by atoms with Gasteiger partial charge in [-0.25, -0.2) is 39.5 Å². The third-order valence-electron chi connectivity index (χ3n) is 5.05. The lowest BCUT2D eigenvalue weighted by atomic mass is 9.42. The van der Waals surface area contributed by atoms with Gasteiger partial charge in [0.1, 0.15) is 6.10 Å². The number of hydrogen-bond acceptors (Lipinski definition) is 1. The second-order valence-corrected chi connectivity index (χ2v) is 5.94. The van der Waals surface area contributed by atoms with Crippen LogP contribution in [-0.4, -0.2) is 57.8 Å². The predicted molar refractivity (Wildman–Crippen MR) is 45.7 cm³/mol. The Morgan fingerprint density at radius 2 is 0.792 bits per heavy atom. The highest BCUT2D eigenvalue weighted by Gasteiger charge is 3.14. The molecular formula is C10H3F13O. The van der Waals surface area contributed by atoms with E-state index in [0.29, 0.717) is 0 Å². The molecule has 1 N–H and O–H groups in total. The van der Waals surface area contributed by atoms with Gasteiger partial charge in [-0.05, 0) is 0 Å². The molecule has 0 aromatic heterocycles. The number of aliphatic hydroxyl groups excluding tert-OH is 1. The molecule has 4 aliphatic carbocycles. The van der Waals surface area contributed by atoms with Crippen molar-refractivity contribution in [3.63, 3.8) is 0 Å². The molecule has 140 valence electrons. The molecule has 0 aliphatic heterocycles. The maximum absolute atomic E-state index is 14.1. The van der Waals surface area contributed by atoms with Gasteiger partial charge < -0.3 is 5.11 Å². The van der Waals surface area contributed by atoms with E-state index in [2.05, 4.69) is 0 Å². The van der Waals surface area contributed by atoms with Crippen LogP contribution in [0.1, 0.15) is 0 Å². The number of halogens is 13. The third-order valence-corrected chi connectivity index (χ3v) is 5.05. The van der Waals surface area contributed by atoms with Gasteiger partial charge in [0.15, 0.2) is 5.92 Å². The first-order chi connectivity index (χ1) is 10.3. The molecule has 3 unspecified atom stereocenters. The normalized spacial score (nSPS) is 54.8. The summed E-state index contributed by atoms with van der Waals surface area (Å²) in [7, 11) is 0. The molecule has 4 bridgehead atoms. The Kier molecular flexibility index (Phi) is 2.58. The molecule has 4 aliphatic rings. The van der Waals surface area contributed by atoms with Crippen LogP contribution in [0.4, 0.5) is 57.1 Å². The minimum absolute atomic E-state index is 5.20. The SMILES string of the molecule is OC1[C@@]2(F)C(F)(F)C3C(F)(F)C(F)(C2(F)F)C(F)(F)[C@@]1(F)C3(F)F. The van der Waals surface area contributed by atoms with Crippen molar-refractivity contribution in [3.8, 4) is 0 Å². The van der Waals surface area contributed by atoms with Crippen LogP contribution in [0.15, 0.2) is 0 Å². The van der Waals surface area contributed by atoms with Crippen molar-refractivity contribution in [1.29, 1.82) is 0 Å². The first kappa shape index (κ1) is 17.9. The summed E-state index contributed by atoms with van der Waals surface area (Å²) in [5, 5.41) is 8.89. The molecule has 0 saturated heterocycles. The number of hydrogen-bond donors (Lipinski definition) is 1. The van der Waals surface area contributed by atoms with Crippen LogP contribution in [-0.2, 0) is 0 Å². The smallest absolute Gasteiger partial charge is 0.335 e. The van der Waals surface area contributed by atoms with Crippen molar-refractivity contribution in [2.45, 2.75) is 52.7 Å². The van der Waals surface area contributed by atoms with Gasteiger partial charge in [0.05, 0.1) is 0 Å². The fraction of sp³-hybridized carbons (Fsp3) is 1.00. The Balaban J connectivity index is 2.57. The van der Waals surface area contributed by atoms with Crippen LogP contribution in [0.5, 0.6) is 0 Å². The molecule has 1 nitrogen and oxygen atoms in total. The molecule has 4 fully saturated rings. The van der Waals surface area contributed by atoms with Gasteiger partial charge >= 0.3 is 35.3 Å². The molecule has 4 saturated carbocycles. The molecule has 14 heteroatoms. The summed E-state index contributed by atoms with van der Waals surface area (Å²) in [6.45, 7) is 0. The maximum atomic E-state index is 14.1. The summed E-state index contributed by atoms with van der Waals surface area (Å²) in [5.74, 6) is -40.0. The first-order valence-electron chi connectivity index (χ1n) is 5.91. The van der Waals surface area contributed by atoms with Crippen molar-refractivity contribution in [3.05, 3.63) is 0 Å². The van der Waals surface area contributed by atoms with E-state index in [4.69, 9.17) is 5.11 Å². The number of rotatable bonds is 0. The standard InChI is InChI=1S/C10H3F13O/c11-3-2(24)4(12)6(15,16)1(5(3,13)14)7(17,18)8(19,9(3,20)21)10(4,22)23/h1-2,24H/t1?,2?,3-,4+,8?. The highest BCUT2D eigenvalue weighted by Crippen LogP contribution is 2.83. The van der Waals surface area contributed by atoms with Gasteiger partial charge in [-0.3, -0.25) is 0 Å². The van der Waals surface area contributed by atoms with Crippen molar-refractivity contribution < 1.29 is 62.2 Å². The largest absolute Gasteiger partial charge is 0.385 e. The fourth-order valence-electron chi connectivity index (χ4n) is 3.82. The minimum atomic E-state index is -7.11. The zero-order valence-corrected chi connectivity index (χ0v) is 10.5. The van der Waals surface area contributed by atoms with Gasteiger partial charge in [0.25, 0.3) is 11.3 Å². The van der Waals surface area contributed by atoms with E-state index in [-0.39, 0.29) is 0 Å². The van der Waals surface area contributed by atoms with Gasteiger partial charge in [-0.1, -0.05) is 0 Å². The second kappa shape index (κ2) is 3.47. The van der Waals surface area contributed by atoms with Crippen LogP contribution >= 0.6 is 0 Å². The average molecular weight is 386 g/mol. The summed E-state index contributed by atoms with van der Waals surface area (Å²) in [5.41, 5.74) is -20.0. The van der Waals surface area contributed by atoms with Gasteiger partial charge in [-0.2, -0.15) is 17.6 Å².